The maximum atomic E-state index is 5.55. The molecule has 0 heterocycles. The van der Waals surface area contributed by atoms with Crippen LogP contribution in [0, 0.1) is 5.92 Å². The molecule has 0 radical (unpaired) electrons. The van der Waals surface area contributed by atoms with Crippen molar-refractivity contribution < 1.29 is 14.2 Å². The molecule has 0 aromatic heterocycles. The first-order valence-corrected chi connectivity index (χ1v) is 5.78. The minimum Gasteiger partial charge on any atom is -0.379 e. The summed E-state index contributed by atoms with van der Waals surface area (Å²) in [5.41, 5.74) is 0. The van der Waals surface area contributed by atoms with Crippen LogP contribution >= 0.6 is 0 Å². The van der Waals surface area contributed by atoms with Crippen LogP contribution in [0.2, 0.25) is 0 Å². The highest BCUT2D eigenvalue weighted by molar-refractivity contribution is 4.52. The summed E-state index contributed by atoms with van der Waals surface area (Å²) >= 11 is 0. The standard InChI is InChI=1S/C12H26O3/c1-10(2)6-7-14-8-12(4)15-9-11(3)13-5/h10-12H,6-9H2,1-5H3. The highest BCUT2D eigenvalue weighted by atomic mass is 16.6. The van der Waals surface area contributed by atoms with E-state index < -0.39 is 0 Å². The van der Waals surface area contributed by atoms with Crippen LogP contribution in [0.15, 0.2) is 0 Å². The maximum Gasteiger partial charge on any atom is 0.0781 e. The van der Waals surface area contributed by atoms with Crippen LogP contribution in [0.25, 0.3) is 0 Å². The summed E-state index contributed by atoms with van der Waals surface area (Å²) in [6, 6.07) is 0. The normalized spacial score (nSPS) is 15.6. The Morgan fingerprint density at radius 3 is 2.13 bits per heavy atom. The van der Waals surface area contributed by atoms with E-state index in [0.29, 0.717) is 19.1 Å². The Labute approximate surface area is 94.1 Å². The highest BCUT2D eigenvalue weighted by Crippen LogP contribution is 2.01. The third-order valence-corrected chi connectivity index (χ3v) is 2.21. The molecule has 0 amide bonds. The second-order valence-corrected chi connectivity index (χ2v) is 4.45. The lowest BCUT2D eigenvalue weighted by Crippen LogP contribution is -2.22. The summed E-state index contributed by atoms with van der Waals surface area (Å²) in [6.45, 7) is 10.5. The van der Waals surface area contributed by atoms with Gasteiger partial charge in [0.15, 0.2) is 0 Å². The zero-order chi connectivity index (χ0) is 11.7. The fourth-order valence-corrected chi connectivity index (χ4v) is 0.984. The molecule has 0 rings (SSSR count). The summed E-state index contributed by atoms with van der Waals surface area (Å²) in [6.07, 6.45) is 1.42. The first-order chi connectivity index (χ1) is 7.06. The van der Waals surface area contributed by atoms with Gasteiger partial charge in [-0.05, 0) is 26.2 Å². The summed E-state index contributed by atoms with van der Waals surface area (Å²) in [7, 11) is 1.69. The first-order valence-electron chi connectivity index (χ1n) is 5.78. The van der Waals surface area contributed by atoms with Crippen molar-refractivity contribution in [1.82, 2.24) is 0 Å². The van der Waals surface area contributed by atoms with E-state index in [1.807, 2.05) is 13.8 Å². The van der Waals surface area contributed by atoms with Gasteiger partial charge in [-0.25, -0.2) is 0 Å². The topological polar surface area (TPSA) is 27.7 Å². The number of methoxy groups -OCH3 is 1. The van der Waals surface area contributed by atoms with Gasteiger partial charge in [-0.2, -0.15) is 0 Å². The lowest BCUT2D eigenvalue weighted by Gasteiger charge is -2.16. The molecule has 0 spiro atoms. The smallest absolute Gasteiger partial charge is 0.0781 e. The molecular formula is C12H26O3. The van der Waals surface area contributed by atoms with Crippen molar-refractivity contribution in [2.45, 2.75) is 46.3 Å². The minimum atomic E-state index is 0.148. The molecule has 0 saturated heterocycles. The molecule has 0 saturated carbocycles. The number of ether oxygens (including phenoxy) is 3. The molecule has 3 heteroatoms. The number of hydrogen-bond donors (Lipinski definition) is 0. The van der Waals surface area contributed by atoms with Crippen LogP contribution in [-0.4, -0.2) is 39.1 Å². The Morgan fingerprint density at radius 2 is 1.60 bits per heavy atom. The SMILES string of the molecule is COC(C)COC(C)COCCC(C)C. The molecule has 0 aliphatic carbocycles. The molecule has 0 N–H and O–H groups in total. The van der Waals surface area contributed by atoms with Gasteiger partial charge >= 0.3 is 0 Å². The van der Waals surface area contributed by atoms with Gasteiger partial charge < -0.3 is 14.2 Å². The van der Waals surface area contributed by atoms with Gasteiger partial charge in [-0.1, -0.05) is 13.8 Å². The average Bonchev–Trinajstić information content (AvgIpc) is 2.20. The van der Waals surface area contributed by atoms with Crippen molar-refractivity contribution in [3.05, 3.63) is 0 Å². The molecule has 0 aromatic rings. The van der Waals surface area contributed by atoms with Crippen molar-refractivity contribution in [3.63, 3.8) is 0 Å². The Balaban J connectivity index is 3.29. The van der Waals surface area contributed by atoms with E-state index in [4.69, 9.17) is 14.2 Å². The predicted octanol–water partition coefficient (Wildman–Crippen LogP) is 2.49. The summed E-state index contributed by atoms with van der Waals surface area (Å²) in [5, 5.41) is 0. The summed E-state index contributed by atoms with van der Waals surface area (Å²) < 4.78 is 16.1. The molecule has 0 aromatic carbocycles. The van der Waals surface area contributed by atoms with Crippen molar-refractivity contribution in [1.29, 1.82) is 0 Å². The zero-order valence-corrected chi connectivity index (χ0v) is 10.8. The molecule has 92 valence electrons. The van der Waals surface area contributed by atoms with E-state index in [9.17, 15) is 0 Å². The second-order valence-electron chi connectivity index (χ2n) is 4.45. The third kappa shape index (κ3) is 10.2. The average molecular weight is 218 g/mol. The van der Waals surface area contributed by atoms with Gasteiger partial charge in [0.2, 0.25) is 0 Å². The van der Waals surface area contributed by atoms with Gasteiger partial charge in [0.25, 0.3) is 0 Å². The van der Waals surface area contributed by atoms with Gasteiger partial charge in [0.1, 0.15) is 0 Å². The lowest BCUT2D eigenvalue weighted by atomic mass is 10.1. The molecule has 0 aliphatic rings. The quantitative estimate of drug-likeness (QED) is 0.556. The van der Waals surface area contributed by atoms with Crippen molar-refractivity contribution in [2.24, 2.45) is 5.92 Å². The highest BCUT2D eigenvalue weighted by Gasteiger charge is 2.05. The van der Waals surface area contributed by atoms with E-state index in [2.05, 4.69) is 13.8 Å². The Bertz CT molecular complexity index is 137. The maximum absolute atomic E-state index is 5.55. The first kappa shape index (κ1) is 14.9. The van der Waals surface area contributed by atoms with E-state index in [-0.39, 0.29) is 12.2 Å². The largest absolute Gasteiger partial charge is 0.379 e. The van der Waals surface area contributed by atoms with Gasteiger partial charge in [-0.15, -0.1) is 0 Å². The van der Waals surface area contributed by atoms with E-state index >= 15 is 0 Å². The fourth-order valence-electron chi connectivity index (χ4n) is 0.984. The molecular weight excluding hydrogens is 192 g/mol. The molecule has 2 atom stereocenters. The number of rotatable bonds is 9. The molecule has 0 bridgehead atoms. The van der Waals surface area contributed by atoms with E-state index in [1.54, 1.807) is 7.11 Å². The van der Waals surface area contributed by atoms with Crippen molar-refractivity contribution in [2.75, 3.05) is 26.9 Å². The Hall–Kier alpha value is -0.120. The minimum absolute atomic E-state index is 0.148. The van der Waals surface area contributed by atoms with Crippen LogP contribution in [0.3, 0.4) is 0 Å². The number of hydrogen-bond acceptors (Lipinski definition) is 3. The summed E-state index contributed by atoms with van der Waals surface area (Å²) in [5.74, 6) is 0.703. The Kier molecular flexibility index (Phi) is 9.06. The van der Waals surface area contributed by atoms with Crippen LogP contribution in [0.5, 0.6) is 0 Å². The predicted molar refractivity (Wildman–Crippen MR) is 62.2 cm³/mol. The van der Waals surface area contributed by atoms with Crippen LogP contribution in [0.1, 0.15) is 34.1 Å². The van der Waals surface area contributed by atoms with E-state index in [1.165, 1.54) is 0 Å². The molecule has 15 heavy (non-hydrogen) atoms. The molecule has 2 unspecified atom stereocenters. The third-order valence-electron chi connectivity index (χ3n) is 2.21. The fraction of sp³-hybridized carbons (Fsp3) is 1.00. The second kappa shape index (κ2) is 9.13. The van der Waals surface area contributed by atoms with Gasteiger partial charge in [0, 0.05) is 13.7 Å². The molecule has 0 fully saturated rings. The molecule has 0 aliphatic heterocycles. The van der Waals surface area contributed by atoms with Crippen LogP contribution in [0.4, 0.5) is 0 Å². The molecule has 3 nitrogen and oxygen atoms in total. The zero-order valence-electron chi connectivity index (χ0n) is 10.8. The van der Waals surface area contributed by atoms with Crippen molar-refractivity contribution >= 4 is 0 Å². The monoisotopic (exact) mass is 218 g/mol. The van der Waals surface area contributed by atoms with E-state index in [0.717, 1.165) is 13.0 Å². The van der Waals surface area contributed by atoms with Gasteiger partial charge in [0.05, 0.1) is 25.4 Å². The van der Waals surface area contributed by atoms with Gasteiger partial charge in [-0.3, -0.25) is 0 Å². The van der Waals surface area contributed by atoms with Crippen molar-refractivity contribution in [3.8, 4) is 0 Å². The summed E-state index contributed by atoms with van der Waals surface area (Å²) in [4.78, 5) is 0. The Morgan fingerprint density at radius 1 is 0.933 bits per heavy atom. The van der Waals surface area contributed by atoms with Crippen LogP contribution in [-0.2, 0) is 14.2 Å². The lowest BCUT2D eigenvalue weighted by molar-refractivity contribution is -0.0473. The van der Waals surface area contributed by atoms with Crippen LogP contribution < -0.4 is 0 Å².